The highest BCUT2D eigenvalue weighted by atomic mass is 16.5. The number of aromatic nitrogens is 1. The van der Waals surface area contributed by atoms with Crippen LogP contribution < -0.4 is 5.32 Å². The van der Waals surface area contributed by atoms with E-state index in [0.717, 1.165) is 5.56 Å². The smallest absolute Gasteiger partial charge is 0.273 e. The molecule has 0 aromatic carbocycles. The average Bonchev–Trinajstić information content (AvgIpc) is 2.47. The third kappa shape index (κ3) is 1.72. The number of carbonyl (C=O) groups excluding carboxylic acids is 1. The van der Waals surface area contributed by atoms with Crippen molar-refractivity contribution in [3.8, 4) is 0 Å². The van der Waals surface area contributed by atoms with Crippen LogP contribution in [-0.4, -0.2) is 17.6 Å². The molecular weight excluding hydrogens is 156 g/mol. The van der Waals surface area contributed by atoms with Gasteiger partial charge in [0.25, 0.3) is 5.91 Å². The standard InChI is InChI=1S/C8H10N2O2/c1-3-4-9-8(11)7-6(2)5-12-10-7/h3,5H,1,4H2,2H3,(H,9,11). The maximum absolute atomic E-state index is 11.2. The van der Waals surface area contributed by atoms with Gasteiger partial charge in [0.05, 0.1) is 0 Å². The molecule has 4 heteroatoms. The monoisotopic (exact) mass is 166 g/mol. The molecule has 1 rings (SSSR count). The van der Waals surface area contributed by atoms with Crippen molar-refractivity contribution >= 4 is 5.91 Å². The first-order valence-corrected chi connectivity index (χ1v) is 3.55. The zero-order valence-electron chi connectivity index (χ0n) is 6.83. The fraction of sp³-hybridized carbons (Fsp3) is 0.250. The van der Waals surface area contributed by atoms with Gasteiger partial charge in [-0.3, -0.25) is 4.79 Å². The summed E-state index contributed by atoms with van der Waals surface area (Å²) in [6.07, 6.45) is 3.04. The number of aryl methyl sites for hydroxylation is 1. The predicted octanol–water partition coefficient (Wildman–Crippen LogP) is 0.899. The maximum Gasteiger partial charge on any atom is 0.273 e. The van der Waals surface area contributed by atoms with Gasteiger partial charge in [-0.15, -0.1) is 6.58 Å². The molecule has 1 amide bonds. The maximum atomic E-state index is 11.2. The molecule has 4 nitrogen and oxygen atoms in total. The Bertz CT molecular complexity index is 291. The highest BCUT2D eigenvalue weighted by Crippen LogP contribution is 2.03. The van der Waals surface area contributed by atoms with Gasteiger partial charge >= 0.3 is 0 Å². The van der Waals surface area contributed by atoms with Gasteiger partial charge in [-0.2, -0.15) is 0 Å². The van der Waals surface area contributed by atoms with Crippen molar-refractivity contribution in [2.45, 2.75) is 6.92 Å². The molecule has 0 aliphatic rings. The Morgan fingerprint density at radius 1 is 1.92 bits per heavy atom. The Labute approximate surface area is 70.2 Å². The Morgan fingerprint density at radius 2 is 2.67 bits per heavy atom. The molecule has 0 aliphatic heterocycles. The molecular formula is C8H10N2O2. The Hall–Kier alpha value is -1.58. The summed E-state index contributed by atoms with van der Waals surface area (Å²) in [6, 6.07) is 0. The molecule has 1 aromatic rings. The summed E-state index contributed by atoms with van der Waals surface area (Å²) >= 11 is 0. The van der Waals surface area contributed by atoms with E-state index in [4.69, 9.17) is 0 Å². The van der Waals surface area contributed by atoms with Crippen LogP contribution in [-0.2, 0) is 0 Å². The molecule has 1 N–H and O–H groups in total. The van der Waals surface area contributed by atoms with E-state index < -0.39 is 0 Å². The van der Waals surface area contributed by atoms with Gasteiger partial charge in [0.1, 0.15) is 6.26 Å². The van der Waals surface area contributed by atoms with Crippen LogP contribution in [0.15, 0.2) is 23.4 Å². The van der Waals surface area contributed by atoms with E-state index in [1.807, 2.05) is 0 Å². The number of nitrogens with one attached hydrogen (secondary N) is 1. The normalized spacial score (nSPS) is 9.42. The number of rotatable bonds is 3. The van der Waals surface area contributed by atoms with Gasteiger partial charge in [0, 0.05) is 12.1 Å². The van der Waals surface area contributed by atoms with Gasteiger partial charge < -0.3 is 9.84 Å². The van der Waals surface area contributed by atoms with E-state index in [1.54, 1.807) is 13.0 Å². The second-order valence-electron chi connectivity index (χ2n) is 2.34. The van der Waals surface area contributed by atoms with Crippen molar-refractivity contribution in [3.63, 3.8) is 0 Å². The molecule has 0 atom stereocenters. The second kappa shape index (κ2) is 3.71. The topological polar surface area (TPSA) is 55.1 Å². The van der Waals surface area contributed by atoms with Crippen molar-refractivity contribution in [2.24, 2.45) is 0 Å². The van der Waals surface area contributed by atoms with Crippen LogP contribution in [0, 0.1) is 6.92 Å². The Balaban J connectivity index is 2.65. The van der Waals surface area contributed by atoms with Crippen LogP contribution in [0.1, 0.15) is 16.1 Å². The first-order chi connectivity index (χ1) is 5.75. The molecule has 0 saturated carbocycles. The summed E-state index contributed by atoms with van der Waals surface area (Å²) in [4.78, 5) is 11.2. The van der Waals surface area contributed by atoms with E-state index in [-0.39, 0.29) is 5.91 Å². The molecule has 64 valence electrons. The van der Waals surface area contributed by atoms with Gasteiger partial charge in [0.2, 0.25) is 0 Å². The van der Waals surface area contributed by atoms with Crippen LogP contribution in [0.25, 0.3) is 0 Å². The van der Waals surface area contributed by atoms with Crippen LogP contribution >= 0.6 is 0 Å². The van der Waals surface area contributed by atoms with E-state index in [2.05, 4.69) is 21.6 Å². The number of hydrogen-bond acceptors (Lipinski definition) is 3. The van der Waals surface area contributed by atoms with Crippen LogP contribution in [0.5, 0.6) is 0 Å². The Kier molecular flexibility index (Phi) is 2.63. The second-order valence-corrected chi connectivity index (χ2v) is 2.34. The highest BCUT2D eigenvalue weighted by Gasteiger charge is 2.11. The first kappa shape index (κ1) is 8.52. The molecule has 0 aliphatic carbocycles. The lowest BCUT2D eigenvalue weighted by atomic mass is 10.3. The van der Waals surface area contributed by atoms with E-state index in [9.17, 15) is 4.79 Å². The quantitative estimate of drug-likeness (QED) is 0.678. The minimum atomic E-state index is -0.235. The molecule has 12 heavy (non-hydrogen) atoms. The molecule has 0 fully saturated rings. The van der Waals surface area contributed by atoms with Crippen molar-refractivity contribution in [1.29, 1.82) is 0 Å². The number of hydrogen-bond donors (Lipinski definition) is 1. The van der Waals surface area contributed by atoms with E-state index in [0.29, 0.717) is 12.2 Å². The van der Waals surface area contributed by atoms with Crippen molar-refractivity contribution < 1.29 is 9.32 Å². The average molecular weight is 166 g/mol. The summed E-state index contributed by atoms with van der Waals surface area (Å²) in [7, 11) is 0. The summed E-state index contributed by atoms with van der Waals surface area (Å²) in [5, 5.41) is 6.14. The lowest BCUT2D eigenvalue weighted by Gasteiger charge is -1.97. The zero-order valence-corrected chi connectivity index (χ0v) is 6.83. The lowest BCUT2D eigenvalue weighted by molar-refractivity contribution is 0.0948. The number of nitrogens with zero attached hydrogens (tertiary/aromatic N) is 1. The summed E-state index contributed by atoms with van der Waals surface area (Å²) in [6.45, 7) is 5.68. The Morgan fingerprint density at radius 3 is 3.17 bits per heavy atom. The van der Waals surface area contributed by atoms with Crippen LogP contribution in [0.4, 0.5) is 0 Å². The summed E-state index contributed by atoms with van der Waals surface area (Å²) in [5.74, 6) is -0.235. The highest BCUT2D eigenvalue weighted by molar-refractivity contribution is 5.93. The minimum Gasteiger partial charge on any atom is -0.364 e. The van der Waals surface area contributed by atoms with Gasteiger partial charge in [0.15, 0.2) is 5.69 Å². The molecule has 0 spiro atoms. The molecule has 0 bridgehead atoms. The van der Waals surface area contributed by atoms with Crippen molar-refractivity contribution in [3.05, 3.63) is 30.2 Å². The van der Waals surface area contributed by atoms with Gasteiger partial charge in [-0.1, -0.05) is 11.2 Å². The van der Waals surface area contributed by atoms with Crippen LogP contribution in [0.3, 0.4) is 0 Å². The van der Waals surface area contributed by atoms with Crippen molar-refractivity contribution in [1.82, 2.24) is 10.5 Å². The molecule has 0 radical (unpaired) electrons. The largest absolute Gasteiger partial charge is 0.364 e. The van der Waals surface area contributed by atoms with Crippen LogP contribution in [0.2, 0.25) is 0 Å². The van der Waals surface area contributed by atoms with E-state index >= 15 is 0 Å². The lowest BCUT2D eigenvalue weighted by Crippen LogP contribution is -2.24. The third-order valence-electron chi connectivity index (χ3n) is 1.37. The molecule has 1 heterocycles. The fourth-order valence-corrected chi connectivity index (χ4v) is 0.755. The molecule has 0 unspecified atom stereocenters. The van der Waals surface area contributed by atoms with Crippen molar-refractivity contribution in [2.75, 3.05) is 6.54 Å². The third-order valence-corrected chi connectivity index (χ3v) is 1.37. The number of carbonyl (C=O) groups is 1. The minimum absolute atomic E-state index is 0.235. The first-order valence-electron chi connectivity index (χ1n) is 3.55. The fourth-order valence-electron chi connectivity index (χ4n) is 0.755. The van der Waals surface area contributed by atoms with Gasteiger partial charge in [-0.05, 0) is 6.92 Å². The summed E-state index contributed by atoms with van der Waals surface area (Å²) in [5.41, 5.74) is 1.06. The molecule has 1 aromatic heterocycles. The SMILES string of the molecule is C=CCNC(=O)c1nocc1C. The number of amides is 1. The zero-order chi connectivity index (χ0) is 8.97. The van der Waals surface area contributed by atoms with Gasteiger partial charge in [-0.25, -0.2) is 0 Å². The summed E-state index contributed by atoms with van der Waals surface area (Å²) < 4.78 is 4.61. The predicted molar refractivity (Wildman–Crippen MR) is 43.8 cm³/mol. The van der Waals surface area contributed by atoms with E-state index in [1.165, 1.54) is 6.26 Å². The molecule has 0 saturated heterocycles.